The Hall–Kier alpha value is -1.02. The van der Waals surface area contributed by atoms with Crippen LogP contribution in [0.4, 0.5) is 5.69 Å². The fourth-order valence-electron chi connectivity index (χ4n) is 1.27. The summed E-state index contributed by atoms with van der Waals surface area (Å²) in [6.07, 6.45) is -0.476. The van der Waals surface area contributed by atoms with E-state index < -0.39 is 6.10 Å². The van der Waals surface area contributed by atoms with Gasteiger partial charge in [-0.1, -0.05) is 12.1 Å². The molecule has 2 nitrogen and oxygen atoms in total. The second-order valence-corrected chi connectivity index (χ2v) is 2.75. The molecule has 1 aromatic rings. The Bertz CT molecular complexity index is 235. The van der Waals surface area contributed by atoms with Crippen LogP contribution in [0.1, 0.15) is 24.2 Å². The molecule has 0 aliphatic heterocycles. The van der Waals surface area contributed by atoms with Crippen molar-refractivity contribution in [2.24, 2.45) is 0 Å². The lowest BCUT2D eigenvalue weighted by Gasteiger charge is -2.10. The minimum absolute atomic E-state index is 0.476. The summed E-state index contributed by atoms with van der Waals surface area (Å²) in [5, 5.41) is 9.31. The highest BCUT2D eigenvalue weighted by Crippen LogP contribution is 2.23. The molecular weight excluding hydrogens is 138 g/mol. The van der Waals surface area contributed by atoms with Crippen LogP contribution in [0.3, 0.4) is 0 Å². The van der Waals surface area contributed by atoms with Crippen molar-refractivity contribution in [2.45, 2.75) is 20.0 Å². The van der Waals surface area contributed by atoms with E-state index in [9.17, 15) is 5.11 Å². The molecule has 3 N–H and O–H groups in total. The van der Waals surface area contributed by atoms with Gasteiger partial charge in [0.1, 0.15) is 0 Å². The van der Waals surface area contributed by atoms with E-state index in [4.69, 9.17) is 5.73 Å². The topological polar surface area (TPSA) is 46.2 Å². The highest BCUT2D eigenvalue weighted by Gasteiger charge is 2.07. The van der Waals surface area contributed by atoms with Crippen LogP contribution in [0, 0.1) is 6.92 Å². The van der Waals surface area contributed by atoms with Gasteiger partial charge in [0.15, 0.2) is 0 Å². The predicted molar refractivity (Wildman–Crippen MR) is 46.2 cm³/mol. The van der Waals surface area contributed by atoms with Crippen LogP contribution >= 0.6 is 0 Å². The lowest BCUT2D eigenvalue weighted by Crippen LogP contribution is -2.00. The summed E-state index contributed by atoms with van der Waals surface area (Å²) in [6.45, 7) is 3.66. The van der Waals surface area contributed by atoms with Crippen molar-refractivity contribution in [3.05, 3.63) is 29.3 Å². The number of rotatable bonds is 1. The Kier molecular flexibility index (Phi) is 2.15. The van der Waals surface area contributed by atoms with Gasteiger partial charge < -0.3 is 10.8 Å². The van der Waals surface area contributed by atoms with Crippen molar-refractivity contribution in [1.82, 2.24) is 0 Å². The fraction of sp³-hybridized carbons (Fsp3) is 0.333. The van der Waals surface area contributed by atoms with Crippen molar-refractivity contribution >= 4 is 5.69 Å². The number of benzene rings is 1. The van der Waals surface area contributed by atoms with E-state index >= 15 is 0 Å². The van der Waals surface area contributed by atoms with Gasteiger partial charge in [-0.05, 0) is 25.5 Å². The number of aliphatic hydroxyl groups excluding tert-OH is 1. The summed E-state index contributed by atoms with van der Waals surface area (Å²) >= 11 is 0. The van der Waals surface area contributed by atoms with Crippen molar-refractivity contribution in [3.8, 4) is 0 Å². The summed E-state index contributed by atoms with van der Waals surface area (Å²) in [5.74, 6) is 0. The van der Waals surface area contributed by atoms with E-state index in [-0.39, 0.29) is 0 Å². The Balaban J connectivity index is 3.21. The van der Waals surface area contributed by atoms with E-state index in [1.54, 1.807) is 13.0 Å². The number of aliphatic hydroxyl groups is 1. The maximum atomic E-state index is 9.31. The monoisotopic (exact) mass is 151 g/mol. The normalized spacial score (nSPS) is 13.0. The summed E-state index contributed by atoms with van der Waals surface area (Å²) in [5.41, 5.74) is 8.21. The molecule has 60 valence electrons. The van der Waals surface area contributed by atoms with Crippen molar-refractivity contribution in [2.75, 3.05) is 5.73 Å². The molecular formula is C9H13NO. The number of hydrogen-bond acceptors (Lipinski definition) is 2. The minimum atomic E-state index is -0.476. The number of nitrogens with two attached hydrogens (primary N) is 1. The number of hydrogen-bond donors (Lipinski definition) is 2. The third-order valence-corrected chi connectivity index (χ3v) is 1.78. The molecule has 0 amide bonds. The van der Waals surface area contributed by atoms with Gasteiger partial charge >= 0.3 is 0 Å². The van der Waals surface area contributed by atoms with Crippen LogP contribution in [-0.2, 0) is 0 Å². The number of nitrogen functional groups attached to an aromatic ring is 1. The quantitative estimate of drug-likeness (QED) is 0.599. The number of aryl methyl sites for hydroxylation is 1. The molecule has 0 spiro atoms. The first-order valence-corrected chi connectivity index (χ1v) is 3.66. The first-order valence-electron chi connectivity index (χ1n) is 3.66. The van der Waals surface area contributed by atoms with Gasteiger partial charge in [-0.2, -0.15) is 0 Å². The molecule has 2 heteroatoms. The standard InChI is InChI=1S/C9H13NO/c1-6-4-3-5-8(10)9(6)7(2)11/h3-5,7,11H,10H2,1-2H3. The summed E-state index contributed by atoms with van der Waals surface area (Å²) < 4.78 is 0. The predicted octanol–water partition coefficient (Wildman–Crippen LogP) is 1.63. The molecule has 11 heavy (non-hydrogen) atoms. The zero-order valence-electron chi connectivity index (χ0n) is 6.83. The molecule has 0 aliphatic rings. The van der Waals surface area contributed by atoms with Gasteiger partial charge in [0.25, 0.3) is 0 Å². The molecule has 0 saturated carbocycles. The molecule has 0 fully saturated rings. The molecule has 0 radical (unpaired) electrons. The Labute approximate surface area is 66.7 Å². The molecule has 1 aromatic carbocycles. The zero-order chi connectivity index (χ0) is 8.43. The lowest BCUT2D eigenvalue weighted by atomic mass is 10.0. The smallest absolute Gasteiger partial charge is 0.0784 e. The lowest BCUT2D eigenvalue weighted by molar-refractivity contribution is 0.199. The van der Waals surface area contributed by atoms with E-state index in [0.717, 1.165) is 11.1 Å². The van der Waals surface area contributed by atoms with E-state index in [2.05, 4.69) is 0 Å². The zero-order valence-corrected chi connectivity index (χ0v) is 6.83. The first kappa shape index (κ1) is 8.08. The van der Waals surface area contributed by atoms with Crippen LogP contribution in [0.25, 0.3) is 0 Å². The molecule has 0 bridgehead atoms. The van der Waals surface area contributed by atoms with E-state index in [0.29, 0.717) is 5.69 Å². The molecule has 1 rings (SSSR count). The molecule has 0 heterocycles. The second kappa shape index (κ2) is 2.93. The van der Waals surface area contributed by atoms with Crippen molar-refractivity contribution in [1.29, 1.82) is 0 Å². The van der Waals surface area contributed by atoms with Crippen LogP contribution in [0.2, 0.25) is 0 Å². The van der Waals surface area contributed by atoms with Crippen LogP contribution in [0.15, 0.2) is 18.2 Å². The summed E-state index contributed by atoms with van der Waals surface area (Å²) in [7, 11) is 0. The molecule has 0 saturated heterocycles. The Morgan fingerprint density at radius 3 is 2.45 bits per heavy atom. The van der Waals surface area contributed by atoms with Crippen LogP contribution < -0.4 is 5.73 Å². The first-order chi connectivity index (χ1) is 5.13. The SMILES string of the molecule is Cc1cccc(N)c1C(C)O. The van der Waals surface area contributed by atoms with Crippen LogP contribution in [-0.4, -0.2) is 5.11 Å². The highest BCUT2D eigenvalue weighted by molar-refractivity contribution is 5.51. The van der Waals surface area contributed by atoms with Gasteiger partial charge in [0, 0.05) is 11.3 Å². The second-order valence-electron chi connectivity index (χ2n) is 2.75. The third-order valence-electron chi connectivity index (χ3n) is 1.78. The molecule has 1 unspecified atom stereocenters. The average molecular weight is 151 g/mol. The van der Waals surface area contributed by atoms with Gasteiger partial charge in [-0.25, -0.2) is 0 Å². The summed E-state index contributed by atoms with van der Waals surface area (Å²) in [4.78, 5) is 0. The van der Waals surface area contributed by atoms with E-state index in [1.165, 1.54) is 0 Å². The molecule has 1 atom stereocenters. The number of anilines is 1. The average Bonchev–Trinajstić information content (AvgIpc) is 1.85. The van der Waals surface area contributed by atoms with Gasteiger partial charge in [-0.3, -0.25) is 0 Å². The maximum absolute atomic E-state index is 9.31. The van der Waals surface area contributed by atoms with Crippen molar-refractivity contribution < 1.29 is 5.11 Å². The third kappa shape index (κ3) is 1.52. The van der Waals surface area contributed by atoms with E-state index in [1.807, 2.05) is 19.1 Å². The largest absolute Gasteiger partial charge is 0.398 e. The van der Waals surface area contributed by atoms with Gasteiger partial charge in [-0.15, -0.1) is 0 Å². The van der Waals surface area contributed by atoms with Gasteiger partial charge in [0.2, 0.25) is 0 Å². The highest BCUT2D eigenvalue weighted by atomic mass is 16.3. The maximum Gasteiger partial charge on any atom is 0.0784 e. The van der Waals surface area contributed by atoms with Crippen molar-refractivity contribution in [3.63, 3.8) is 0 Å². The summed E-state index contributed by atoms with van der Waals surface area (Å²) in [6, 6.07) is 5.63. The molecule has 0 aliphatic carbocycles. The fourth-order valence-corrected chi connectivity index (χ4v) is 1.27. The molecule has 0 aromatic heterocycles. The Morgan fingerprint density at radius 2 is 2.09 bits per heavy atom. The Morgan fingerprint density at radius 1 is 1.45 bits per heavy atom. The van der Waals surface area contributed by atoms with Gasteiger partial charge in [0.05, 0.1) is 6.10 Å². The van der Waals surface area contributed by atoms with Crippen LogP contribution in [0.5, 0.6) is 0 Å². The minimum Gasteiger partial charge on any atom is -0.398 e.